The minimum atomic E-state index is -4.44. The van der Waals surface area contributed by atoms with Gasteiger partial charge in [0.1, 0.15) is 75.8 Å². The number of pyridine rings is 2. The Bertz CT molecular complexity index is 4490. The van der Waals surface area contributed by atoms with Crippen molar-refractivity contribution in [2.75, 3.05) is 27.3 Å². The topological polar surface area (TPSA) is 430 Å². The van der Waals surface area contributed by atoms with Crippen molar-refractivity contribution < 1.29 is 107 Å². The van der Waals surface area contributed by atoms with Gasteiger partial charge in [-0.15, -0.1) is 0 Å². The Hall–Kier alpha value is -9.09. The van der Waals surface area contributed by atoms with E-state index < -0.39 is 150 Å². The SMILES string of the molecule is CC(C)(C)OC(=O)N[C@H](C(=O)O)C1CCCC1.CC[C@@H]1C[C@]1(NC(=O)[C@@H]1C[C@@H](Oc2nccc3cc(OC)ccc23)CN1C(=O)OC(C)(C)C)C(=O)NS(=O)(=O)OC1(C)CC1.CC[C@@H]1C[C@]1(NC(=O)[C@@H]1C[C@@H](Oc2nccc3cc(OC)ccc23)CN1C(=O)[C@@H](NC(=O)OC(C)(C)C)C1CCCC1)C(=O)NS(=O)(=O)OC1(C)CC1. The Morgan fingerprint density at radius 1 is 0.544 bits per heavy atom. The van der Waals surface area contributed by atoms with Crippen LogP contribution in [0.2, 0.25) is 0 Å². The lowest BCUT2D eigenvalue weighted by Crippen LogP contribution is -2.59. The molecule has 8 fully saturated rings. The van der Waals surface area contributed by atoms with Gasteiger partial charge in [-0.05, 0) is 223 Å². The second-order valence-corrected chi connectivity index (χ2v) is 37.1. The van der Waals surface area contributed by atoms with Gasteiger partial charge in [-0.3, -0.25) is 28.9 Å². The lowest BCUT2D eigenvalue weighted by molar-refractivity contribution is -0.142. The Labute approximate surface area is 666 Å². The van der Waals surface area contributed by atoms with E-state index in [1.54, 1.807) is 115 Å². The van der Waals surface area contributed by atoms with Crippen molar-refractivity contribution in [3.63, 3.8) is 0 Å². The van der Waals surface area contributed by atoms with E-state index in [9.17, 15) is 60.0 Å². The molecule has 6 saturated carbocycles. The molecular formula is C79H112N10O23S2. The first-order valence-electron chi connectivity index (χ1n) is 39.2. The van der Waals surface area contributed by atoms with Crippen LogP contribution >= 0.6 is 0 Å². The molecule has 7 N–H and O–H groups in total. The molecule has 0 spiro atoms. The van der Waals surface area contributed by atoms with Crippen LogP contribution < -0.4 is 49.7 Å². The van der Waals surface area contributed by atoms with Gasteiger partial charge in [0.15, 0.2) is 0 Å². The van der Waals surface area contributed by atoms with Crippen molar-refractivity contribution in [3.8, 4) is 23.3 Å². The van der Waals surface area contributed by atoms with E-state index in [4.69, 9.17) is 46.6 Å². The second-order valence-electron chi connectivity index (χ2n) is 34.6. The fourth-order valence-corrected chi connectivity index (χ4v) is 17.5. The van der Waals surface area contributed by atoms with Crippen LogP contribution in [0.5, 0.6) is 23.3 Å². The number of nitrogens with zero attached hydrogens (tertiary/aromatic N) is 4. The van der Waals surface area contributed by atoms with Gasteiger partial charge in [-0.25, -0.2) is 47.0 Å². The minimum Gasteiger partial charge on any atom is -0.497 e. The fourth-order valence-electron chi connectivity index (χ4n) is 15.2. The quantitative estimate of drug-likeness (QED) is 0.0288. The summed E-state index contributed by atoms with van der Waals surface area (Å²) in [6, 6.07) is 10.6. The number of fused-ring (bicyclic) bond motifs is 2. The summed E-state index contributed by atoms with van der Waals surface area (Å²) < 4.78 is 105. The highest BCUT2D eigenvalue weighted by molar-refractivity contribution is 7.85. The number of aliphatic carboxylic acids is 1. The molecule has 8 amide bonds. The number of alkyl carbamates (subject to hydrolysis) is 2. The maximum Gasteiger partial charge on any atom is 0.411 e. The number of benzene rings is 2. The van der Waals surface area contributed by atoms with Gasteiger partial charge < -0.3 is 64.4 Å². The van der Waals surface area contributed by atoms with Crippen LogP contribution in [0, 0.1) is 23.7 Å². The molecule has 0 unspecified atom stereocenters. The maximum atomic E-state index is 14.6. The average molecular weight is 1630 g/mol. The molecule has 35 heteroatoms. The number of hydrogen-bond acceptors (Lipinski definition) is 24. The predicted octanol–water partition coefficient (Wildman–Crippen LogP) is 9.26. The zero-order valence-corrected chi connectivity index (χ0v) is 69.4. The van der Waals surface area contributed by atoms with E-state index in [0.717, 1.165) is 54.7 Å². The minimum absolute atomic E-state index is 0.0123. The van der Waals surface area contributed by atoms with Gasteiger partial charge in [-0.2, -0.15) is 16.8 Å². The Balaban J connectivity index is 0.000000203. The fraction of sp³-hybridized carbons (Fsp3) is 0.658. The molecule has 33 nitrogen and oxygen atoms in total. The molecule has 114 heavy (non-hydrogen) atoms. The number of likely N-dealkylation sites (tertiary alicyclic amines) is 2. The Morgan fingerprint density at radius 3 is 1.28 bits per heavy atom. The van der Waals surface area contributed by atoms with E-state index in [0.29, 0.717) is 80.0 Å². The van der Waals surface area contributed by atoms with Crippen molar-refractivity contribution in [2.24, 2.45) is 23.7 Å². The second kappa shape index (κ2) is 34.4. The summed E-state index contributed by atoms with van der Waals surface area (Å²) in [5.74, 6) is -3.29. The smallest absolute Gasteiger partial charge is 0.411 e. The van der Waals surface area contributed by atoms with Crippen LogP contribution in [0.15, 0.2) is 60.9 Å². The van der Waals surface area contributed by atoms with Crippen LogP contribution in [0.4, 0.5) is 14.4 Å². The number of nitrogens with one attached hydrogen (secondary N) is 6. The normalized spacial score (nSPS) is 24.7. The first kappa shape index (κ1) is 87.3. The maximum absolute atomic E-state index is 14.6. The lowest BCUT2D eigenvalue weighted by Gasteiger charge is -2.32. The monoisotopic (exact) mass is 1630 g/mol. The molecule has 2 aliphatic heterocycles. The number of carbonyl (C=O) groups excluding carboxylic acids is 8. The summed E-state index contributed by atoms with van der Waals surface area (Å²) in [5.41, 5.74) is -6.90. The van der Waals surface area contributed by atoms with Crippen LogP contribution in [-0.2, 0) is 72.0 Å². The van der Waals surface area contributed by atoms with Crippen molar-refractivity contribution in [3.05, 3.63) is 60.9 Å². The third-order valence-electron chi connectivity index (χ3n) is 21.8. The van der Waals surface area contributed by atoms with E-state index in [1.165, 1.54) is 9.80 Å². The van der Waals surface area contributed by atoms with Crippen molar-refractivity contribution >= 4 is 95.9 Å². The third-order valence-corrected chi connectivity index (χ3v) is 23.9. The highest BCUT2D eigenvalue weighted by Crippen LogP contribution is 2.49. The highest BCUT2D eigenvalue weighted by Gasteiger charge is 2.64. The molecule has 0 radical (unpaired) electrons. The van der Waals surface area contributed by atoms with Crippen LogP contribution in [0.1, 0.15) is 206 Å². The van der Waals surface area contributed by atoms with E-state index in [-0.39, 0.29) is 62.4 Å². The van der Waals surface area contributed by atoms with Gasteiger partial charge in [0, 0.05) is 36.0 Å². The molecular weight excluding hydrogens is 1520 g/mol. The first-order valence-corrected chi connectivity index (χ1v) is 42.0. The molecule has 2 saturated heterocycles. The highest BCUT2D eigenvalue weighted by atomic mass is 32.2. The van der Waals surface area contributed by atoms with Gasteiger partial charge in [0.2, 0.25) is 29.5 Å². The zero-order chi connectivity index (χ0) is 83.5. The van der Waals surface area contributed by atoms with Gasteiger partial charge >= 0.3 is 44.9 Å². The number of hydrogen-bond donors (Lipinski definition) is 7. The lowest BCUT2D eigenvalue weighted by atomic mass is 9.96. The zero-order valence-electron chi connectivity index (χ0n) is 67.7. The number of rotatable bonds is 26. The molecule has 8 aliphatic rings. The van der Waals surface area contributed by atoms with Gasteiger partial charge in [0.05, 0.1) is 38.5 Å². The predicted molar refractivity (Wildman–Crippen MR) is 415 cm³/mol. The van der Waals surface area contributed by atoms with Crippen LogP contribution in [0.25, 0.3) is 21.5 Å². The summed E-state index contributed by atoms with van der Waals surface area (Å²) in [4.78, 5) is 130. The summed E-state index contributed by atoms with van der Waals surface area (Å²) in [7, 11) is -5.68. The number of methoxy groups -OCH3 is 2. The molecule has 628 valence electrons. The molecule has 2 aromatic carbocycles. The summed E-state index contributed by atoms with van der Waals surface area (Å²) in [6.07, 6.45) is 10.6. The van der Waals surface area contributed by atoms with E-state index >= 15 is 0 Å². The Morgan fingerprint density at radius 2 is 0.921 bits per heavy atom. The van der Waals surface area contributed by atoms with E-state index in [2.05, 4.69) is 31.2 Å². The number of amides is 8. The standard InChI is InChI=1S/C37H51N5O10S.C30H40N4O9S.C12H21NO4/c1-7-24-20-37(24,33(45)41-53(47,48)52-36(5)15-16-36)40-30(43)28-19-26(50-31-27-13-12-25(49-6)18-23(27)14-17-38-31)21-42(28)32(44)29(22-10-8-9-11-22)39-34(46)51-35(2,3)4;1-7-19-16-30(19,26(36)33-44(38,39)43-29(5)11-12-29)32-24(35)23-15-21(17-34(23)27(37)42-28(2,3)4)41-25-22-9-8-20(40-6)14-18(22)10-13-31-25;1-12(2,3)17-11(16)13-9(10(14)15)8-6-4-5-7-8/h12-14,17-18,22,24,26,28-29H,7-11,15-16,19-21H2,1-6H3,(H,39,46)(H,40,43)(H,41,45);8-10,13-14,19,21,23H,7,11-12,15-17H2,1-6H3,(H,32,35)(H,33,36);8-9H,4-7H2,1-3H3,(H,13,16)(H,14,15)/t24-,26-,28+,29+,37-;19-,21-,23+,30-;9-/m110/s1. The van der Waals surface area contributed by atoms with E-state index in [1.807, 2.05) is 59.7 Å². The van der Waals surface area contributed by atoms with Gasteiger partial charge in [0.25, 0.3) is 11.8 Å². The van der Waals surface area contributed by atoms with Gasteiger partial charge in [-0.1, -0.05) is 52.4 Å². The molecule has 10 atom stereocenters. The average Bonchev–Trinajstić information content (AvgIpc) is 1.58. The summed E-state index contributed by atoms with van der Waals surface area (Å²) >= 11 is 0. The number of carbonyl (C=O) groups is 9. The number of ether oxygens (including phenoxy) is 7. The first-order chi connectivity index (χ1) is 53.3. The van der Waals surface area contributed by atoms with Crippen LogP contribution in [0.3, 0.4) is 0 Å². The van der Waals surface area contributed by atoms with Crippen LogP contribution in [-0.4, -0.2) is 198 Å². The van der Waals surface area contributed by atoms with Crippen molar-refractivity contribution in [1.82, 2.24) is 50.5 Å². The summed E-state index contributed by atoms with van der Waals surface area (Å²) in [6.45, 7) is 22.6. The largest absolute Gasteiger partial charge is 0.497 e. The molecule has 4 heterocycles. The third kappa shape index (κ3) is 22.5. The molecule has 6 aliphatic carbocycles. The summed E-state index contributed by atoms with van der Waals surface area (Å²) in [5, 5.41) is 23.1. The number of aromatic nitrogens is 2. The molecule has 12 rings (SSSR count). The van der Waals surface area contributed by atoms with Crippen molar-refractivity contribution in [2.45, 2.75) is 281 Å². The molecule has 0 bridgehead atoms. The Kier molecular flexibility index (Phi) is 26.3. The van der Waals surface area contributed by atoms with Crippen molar-refractivity contribution in [1.29, 1.82) is 0 Å². The number of carboxylic acid groups (broad SMARTS) is 1. The number of carboxylic acids is 1. The molecule has 2 aromatic heterocycles. The molecule has 4 aromatic rings.